The fraction of sp³-hybridized carbons (Fsp3) is 0.368. The molecule has 0 aliphatic carbocycles. The number of nitrogens with one attached hydrogen (secondary N) is 1. The van der Waals surface area contributed by atoms with Crippen LogP contribution >= 0.6 is 12.1 Å². The van der Waals surface area contributed by atoms with E-state index < -0.39 is 11.6 Å². The van der Waals surface area contributed by atoms with Gasteiger partial charge >= 0.3 is 0 Å². The first kappa shape index (κ1) is 16.7. The fourth-order valence-corrected chi connectivity index (χ4v) is 4.58. The monoisotopic (exact) mass is 361 g/mol. The van der Waals surface area contributed by atoms with Crippen LogP contribution < -0.4 is 13.9 Å². The summed E-state index contributed by atoms with van der Waals surface area (Å²) < 4.78 is 31.9. The second-order valence-electron chi connectivity index (χ2n) is 6.54. The van der Waals surface area contributed by atoms with Gasteiger partial charge in [0.25, 0.3) is 0 Å². The largest absolute Gasteiger partial charge is 0.317 e. The third-order valence-corrected chi connectivity index (χ3v) is 6.01. The van der Waals surface area contributed by atoms with Gasteiger partial charge in [-0.15, -0.1) is 0 Å². The summed E-state index contributed by atoms with van der Waals surface area (Å²) in [5.74, 6) is -0.111. The molecule has 2 heterocycles. The number of benzene rings is 2. The van der Waals surface area contributed by atoms with E-state index in [1.807, 2.05) is 24.3 Å². The number of halogens is 2. The second-order valence-corrected chi connectivity index (χ2v) is 7.51. The van der Waals surface area contributed by atoms with Crippen molar-refractivity contribution >= 4 is 29.2 Å². The predicted octanol–water partition coefficient (Wildman–Crippen LogP) is 4.88. The second kappa shape index (κ2) is 7.22. The van der Waals surface area contributed by atoms with E-state index in [0.717, 1.165) is 49.4 Å². The highest BCUT2D eigenvalue weighted by molar-refractivity contribution is 8.02. The van der Waals surface area contributed by atoms with E-state index in [1.54, 1.807) is 4.31 Å². The van der Waals surface area contributed by atoms with Crippen molar-refractivity contribution < 1.29 is 8.78 Å². The number of nitrogens with zero attached hydrogens (tertiary/aromatic N) is 2. The Bertz CT molecular complexity index is 749. The Balaban J connectivity index is 1.56. The quantitative estimate of drug-likeness (QED) is 0.782. The van der Waals surface area contributed by atoms with Gasteiger partial charge in [0.15, 0.2) is 0 Å². The van der Waals surface area contributed by atoms with E-state index in [4.69, 9.17) is 0 Å². The maximum Gasteiger partial charge on any atom is 0.148 e. The Morgan fingerprint density at radius 3 is 2.56 bits per heavy atom. The molecule has 0 radical (unpaired) electrons. The van der Waals surface area contributed by atoms with Crippen molar-refractivity contribution in [1.82, 2.24) is 5.32 Å². The number of anilines is 3. The topological polar surface area (TPSA) is 18.5 Å². The van der Waals surface area contributed by atoms with Crippen molar-refractivity contribution in [2.75, 3.05) is 28.2 Å². The molecule has 2 aromatic rings. The molecule has 2 aliphatic heterocycles. The third kappa shape index (κ3) is 3.46. The molecule has 132 valence electrons. The van der Waals surface area contributed by atoms with Gasteiger partial charge in [0.05, 0.1) is 29.2 Å². The molecule has 0 bridgehead atoms. The molecule has 0 unspecified atom stereocenters. The van der Waals surface area contributed by atoms with E-state index >= 15 is 0 Å². The van der Waals surface area contributed by atoms with Gasteiger partial charge in [0.1, 0.15) is 11.6 Å². The first-order valence-corrected chi connectivity index (χ1v) is 9.46. The molecular weight excluding hydrogens is 340 g/mol. The fourth-order valence-electron chi connectivity index (χ4n) is 3.48. The van der Waals surface area contributed by atoms with Gasteiger partial charge in [-0.2, -0.15) is 0 Å². The summed E-state index contributed by atoms with van der Waals surface area (Å²) >= 11 is 1.45. The Hall–Kier alpha value is -1.79. The lowest BCUT2D eigenvalue weighted by molar-refractivity contribution is 0.359. The van der Waals surface area contributed by atoms with Crippen LogP contribution in [0, 0.1) is 17.6 Å². The molecule has 0 atom stereocenters. The van der Waals surface area contributed by atoms with E-state index in [2.05, 4.69) is 9.62 Å². The van der Waals surface area contributed by atoms with Gasteiger partial charge in [-0.3, -0.25) is 8.61 Å². The van der Waals surface area contributed by atoms with E-state index in [9.17, 15) is 8.78 Å². The molecule has 1 fully saturated rings. The highest BCUT2D eigenvalue weighted by atomic mass is 32.2. The molecular formula is C19H21F2N3S. The number of rotatable bonds is 4. The summed E-state index contributed by atoms with van der Waals surface area (Å²) in [4.78, 5) is 0. The lowest BCUT2D eigenvalue weighted by atomic mass is 9.95. The van der Waals surface area contributed by atoms with Gasteiger partial charge in [0, 0.05) is 12.6 Å². The number of fused-ring (bicyclic) bond motifs is 1. The lowest BCUT2D eigenvalue weighted by Gasteiger charge is -2.25. The number of para-hydroxylation sites is 2. The smallest absolute Gasteiger partial charge is 0.148 e. The first-order chi connectivity index (χ1) is 12.2. The minimum absolute atomic E-state index is 0.266. The van der Waals surface area contributed by atoms with Gasteiger partial charge in [-0.1, -0.05) is 12.1 Å². The van der Waals surface area contributed by atoms with E-state index in [1.165, 1.54) is 37.1 Å². The summed E-state index contributed by atoms with van der Waals surface area (Å²) in [6.07, 6.45) is 3.53. The van der Waals surface area contributed by atoms with Gasteiger partial charge < -0.3 is 5.32 Å². The molecule has 0 amide bonds. The Morgan fingerprint density at radius 2 is 1.76 bits per heavy atom. The summed E-state index contributed by atoms with van der Waals surface area (Å²) in [7, 11) is 0. The number of hydrogen-bond acceptors (Lipinski definition) is 4. The molecule has 0 spiro atoms. The molecule has 0 aromatic heterocycles. The maximum atomic E-state index is 14.3. The van der Waals surface area contributed by atoms with Crippen LogP contribution in [-0.2, 0) is 0 Å². The Labute approximate surface area is 151 Å². The van der Waals surface area contributed by atoms with Crippen LogP contribution in [0.25, 0.3) is 0 Å². The van der Waals surface area contributed by atoms with Crippen molar-refractivity contribution in [3.63, 3.8) is 0 Å². The zero-order chi connectivity index (χ0) is 17.2. The van der Waals surface area contributed by atoms with E-state index in [-0.39, 0.29) is 5.69 Å². The van der Waals surface area contributed by atoms with Gasteiger partial charge in [-0.05, 0) is 62.5 Å². The summed E-state index contributed by atoms with van der Waals surface area (Å²) in [6, 6.07) is 11.5. The van der Waals surface area contributed by atoms with Crippen LogP contribution in [0.3, 0.4) is 0 Å². The third-order valence-electron chi connectivity index (χ3n) is 4.88. The minimum atomic E-state index is -0.428. The summed E-state index contributed by atoms with van der Waals surface area (Å²) in [6.45, 7) is 3.09. The van der Waals surface area contributed by atoms with Crippen molar-refractivity contribution in [3.05, 3.63) is 54.1 Å². The van der Waals surface area contributed by atoms with Crippen LogP contribution in [0.15, 0.2) is 42.5 Å². The standard InChI is InChI=1S/C19H21F2N3S/c20-15-5-6-16(21)19(13-15)24-18-4-2-1-3-17(18)23(25-24)12-9-14-7-10-22-11-8-14/h1-6,13-14,22H,7-12H2. The maximum absolute atomic E-state index is 14.3. The molecule has 2 aromatic carbocycles. The average Bonchev–Trinajstić information content (AvgIpc) is 3.02. The Kier molecular flexibility index (Phi) is 4.81. The van der Waals surface area contributed by atoms with Crippen molar-refractivity contribution in [1.29, 1.82) is 0 Å². The average molecular weight is 361 g/mol. The van der Waals surface area contributed by atoms with E-state index in [0.29, 0.717) is 0 Å². The zero-order valence-corrected chi connectivity index (χ0v) is 14.7. The van der Waals surface area contributed by atoms with Crippen molar-refractivity contribution in [3.8, 4) is 0 Å². The molecule has 1 N–H and O–H groups in total. The highest BCUT2D eigenvalue weighted by Crippen LogP contribution is 2.49. The Morgan fingerprint density at radius 1 is 1.00 bits per heavy atom. The molecule has 1 saturated heterocycles. The first-order valence-electron chi connectivity index (χ1n) is 8.73. The normalized spacial score (nSPS) is 17.8. The number of hydrogen-bond donors (Lipinski definition) is 1. The predicted molar refractivity (Wildman–Crippen MR) is 100 cm³/mol. The highest BCUT2D eigenvalue weighted by Gasteiger charge is 2.30. The van der Waals surface area contributed by atoms with Gasteiger partial charge in [0.2, 0.25) is 0 Å². The molecule has 2 aliphatic rings. The zero-order valence-electron chi connectivity index (χ0n) is 13.9. The summed E-state index contributed by atoms with van der Waals surface area (Å²) in [5.41, 5.74) is 2.23. The summed E-state index contributed by atoms with van der Waals surface area (Å²) in [5, 5.41) is 3.39. The van der Waals surface area contributed by atoms with Crippen LogP contribution in [0.5, 0.6) is 0 Å². The molecule has 0 saturated carbocycles. The number of piperidine rings is 1. The molecule has 3 nitrogen and oxygen atoms in total. The minimum Gasteiger partial charge on any atom is -0.317 e. The van der Waals surface area contributed by atoms with Crippen LogP contribution in [0.4, 0.5) is 25.8 Å². The molecule has 4 rings (SSSR count). The van der Waals surface area contributed by atoms with Crippen LogP contribution in [0.2, 0.25) is 0 Å². The molecule has 25 heavy (non-hydrogen) atoms. The van der Waals surface area contributed by atoms with Crippen molar-refractivity contribution in [2.45, 2.75) is 19.3 Å². The SMILES string of the molecule is Fc1ccc(F)c(N2SN(CCC3CCNCC3)c3ccccc32)c1. The van der Waals surface area contributed by atoms with Crippen LogP contribution in [0.1, 0.15) is 19.3 Å². The lowest BCUT2D eigenvalue weighted by Crippen LogP contribution is -2.29. The van der Waals surface area contributed by atoms with Crippen LogP contribution in [-0.4, -0.2) is 19.6 Å². The van der Waals surface area contributed by atoms with Crippen molar-refractivity contribution in [2.24, 2.45) is 5.92 Å². The molecule has 6 heteroatoms. The van der Waals surface area contributed by atoms with Gasteiger partial charge in [-0.25, -0.2) is 8.78 Å².